The molecule has 1 fully saturated rings. The summed E-state index contributed by atoms with van der Waals surface area (Å²) in [7, 11) is 0. The Morgan fingerprint density at radius 3 is 2.88 bits per heavy atom. The quantitative estimate of drug-likeness (QED) is 0.814. The summed E-state index contributed by atoms with van der Waals surface area (Å²) < 4.78 is 0. The molecule has 2 aromatic rings. The van der Waals surface area contributed by atoms with Crippen LogP contribution in [0.2, 0.25) is 0 Å². The van der Waals surface area contributed by atoms with Crippen LogP contribution in [0.1, 0.15) is 24.0 Å². The summed E-state index contributed by atoms with van der Waals surface area (Å²) in [4.78, 5) is 5.95. The molecule has 1 aromatic heterocycles. The van der Waals surface area contributed by atoms with Gasteiger partial charge >= 0.3 is 0 Å². The molecule has 1 aliphatic rings. The van der Waals surface area contributed by atoms with Gasteiger partial charge in [0, 0.05) is 23.6 Å². The minimum atomic E-state index is 1.10. The fraction of sp³-hybridized carbons (Fsp3) is 0.429. The second-order valence-corrected chi connectivity index (χ2v) is 4.79. The molecule has 0 amide bonds. The second-order valence-electron chi connectivity index (χ2n) is 4.79. The van der Waals surface area contributed by atoms with Gasteiger partial charge in [-0.25, -0.2) is 0 Å². The van der Waals surface area contributed by atoms with Crippen molar-refractivity contribution < 1.29 is 0 Å². The zero-order valence-corrected chi connectivity index (χ0v) is 9.79. The SMILES string of the molecule is Cc1cccc2c(CN3CCCC3)c[nH]c12. The highest BCUT2D eigenvalue weighted by Gasteiger charge is 2.14. The van der Waals surface area contributed by atoms with Crippen LogP contribution >= 0.6 is 0 Å². The maximum Gasteiger partial charge on any atom is 0.0487 e. The molecule has 1 aromatic carbocycles. The molecule has 1 aliphatic heterocycles. The first-order chi connectivity index (χ1) is 7.84. The molecule has 0 aliphatic carbocycles. The zero-order valence-electron chi connectivity index (χ0n) is 9.79. The topological polar surface area (TPSA) is 19.0 Å². The molecule has 0 bridgehead atoms. The molecule has 0 spiro atoms. The van der Waals surface area contributed by atoms with Crippen LogP contribution in [0.5, 0.6) is 0 Å². The summed E-state index contributed by atoms with van der Waals surface area (Å²) in [6.45, 7) is 5.79. The lowest BCUT2D eigenvalue weighted by Crippen LogP contribution is -2.17. The number of nitrogens with one attached hydrogen (secondary N) is 1. The van der Waals surface area contributed by atoms with E-state index in [1.54, 1.807) is 0 Å². The van der Waals surface area contributed by atoms with E-state index in [4.69, 9.17) is 0 Å². The third kappa shape index (κ3) is 1.63. The van der Waals surface area contributed by atoms with E-state index in [0.717, 1.165) is 6.54 Å². The summed E-state index contributed by atoms with van der Waals surface area (Å²) in [5, 5.41) is 1.40. The van der Waals surface area contributed by atoms with E-state index in [1.807, 2.05) is 0 Å². The van der Waals surface area contributed by atoms with E-state index in [2.05, 4.69) is 41.2 Å². The lowest BCUT2D eigenvalue weighted by atomic mass is 10.1. The molecule has 0 atom stereocenters. The van der Waals surface area contributed by atoms with Gasteiger partial charge in [-0.05, 0) is 44.0 Å². The standard InChI is InChI=1S/C14H18N2/c1-11-5-4-6-13-12(9-15-14(11)13)10-16-7-2-3-8-16/h4-6,9,15H,2-3,7-8,10H2,1H3. The Balaban J connectivity index is 1.94. The maximum atomic E-state index is 3.40. The van der Waals surface area contributed by atoms with Gasteiger partial charge in [-0.1, -0.05) is 18.2 Å². The third-order valence-electron chi connectivity index (χ3n) is 3.60. The number of likely N-dealkylation sites (tertiary alicyclic amines) is 1. The summed E-state index contributed by atoms with van der Waals surface area (Å²) in [6, 6.07) is 6.54. The number of hydrogen-bond acceptors (Lipinski definition) is 1. The lowest BCUT2D eigenvalue weighted by Gasteiger charge is -2.13. The molecule has 0 unspecified atom stereocenters. The predicted octanol–water partition coefficient (Wildman–Crippen LogP) is 3.07. The van der Waals surface area contributed by atoms with Crippen LogP contribution in [0.25, 0.3) is 10.9 Å². The van der Waals surface area contributed by atoms with Gasteiger partial charge in [0.15, 0.2) is 0 Å². The first-order valence-corrected chi connectivity index (χ1v) is 6.12. The fourth-order valence-corrected chi connectivity index (χ4v) is 2.68. The molecular weight excluding hydrogens is 196 g/mol. The molecule has 3 rings (SSSR count). The average Bonchev–Trinajstić information content (AvgIpc) is 2.90. The number of fused-ring (bicyclic) bond motifs is 1. The Bertz CT molecular complexity index is 492. The van der Waals surface area contributed by atoms with Crippen molar-refractivity contribution in [2.24, 2.45) is 0 Å². The largest absolute Gasteiger partial charge is 0.361 e. The van der Waals surface area contributed by atoms with Gasteiger partial charge in [0.2, 0.25) is 0 Å². The van der Waals surface area contributed by atoms with Crippen LogP contribution in [-0.4, -0.2) is 23.0 Å². The number of rotatable bonds is 2. The third-order valence-corrected chi connectivity index (χ3v) is 3.60. The van der Waals surface area contributed by atoms with Gasteiger partial charge in [-0.3, -0.25) is 4.90 Å². The van der Waals surface area contributed by atoms with E-state index in [1.165, 1.54) is 48.0 Å². The Morgan fingerprint density at radius 2 is 2.06 bits per heavy atom. The highest BCUT2D eigenvalue weighted by atomic mass is 15.1. The lowest BCUT2D eigenvalue weighted by molar-refractivity contribution is 0.332. The molecule has 1 N–H and O–H groups in total. The van der Waals surface area contributed by atoms with Crippen molar-refractivity contribution in [3.63, 3.8) is 0 Å². The molecule has 84 valence electrons. The van der Waals surface area contributed by atoms with E-state index >= 15 is 0 Å². The summed E-state index contributed by atoms with van der Waals surface area (Å²) in [5.41, 5.74) is 4.09. The second kappa shape index (κ2) is 3.95. The molecule has 2 heterocycles. The Kier molecular flexibility index (Phi) is 2.44. The van der Waals surface area contributed by atoms with Crippen molar-refractivity contribution in [2.75, 3.05) is 13.1 Å². The van der Waals surface area contributed by atoms with Gasteiger partial charge in [-0.15, -0.1) is 0 Å². The molecule has 2 nitrogen and oxygen atoms in total. The summed E-state index contributed by atoms with van der Waals surface area (Å²) >= 11 is 0. The Morgan fingerprint density at radius 1 is 1.25 bits per heavy atom. The predicted molar refractivity (Wildman–Crippen MR) is 67.5 cm³/mol. The van der Waals surface area contributed by atoms with Gasteiger partial charge < -0.3 is 4.98 Å². The number of nitrogens with zero attached hydrogens (tertiary/aromatic N) is 1. The van der Waals surface area contributed by atoms with Crippen LogP contribution in [0.3, 0.4) is 0 Å². The van der Waals surface area contributed by atoms with Crippen LogP contribution in [0.4, 0.5) is 0 Å². The first-order valence-electron chi connectivity index (χ1n) is 6.12. The van der Waals surface area contributed by atoms with Gasteiger partial charge in [0.1, 0.15) is 0 Å². The van der Waals surface area contributed by atoms with Crippen molar-refractivity contribution in [1.82, 2.24) is 9.88 Å². The highest BCUT2D eigenvalue weighted by molar-refractivity contribution is 5.85. The normalized spacial score (nSPS) is 17.3. The maximum absolute atomic E-state index is 3.40. The number of aromatic amines is 1. The molecule has 0 saturated carbocycles. The highest BCUT2D eigenvalue weighted by Crippen LogP contribution is 2.23. The van der Waals surface area contributed by atoms with Crippen molar-refractivity contribution in [3.8, 4) is 0 Å². The monoisotopic (exact) mass is 214 g/mol. The van der Waals surface area contributed by atoms with Gasteiger partial charge in [0.05, 0.1) is 0 Å². The fourth-order valence-electron chi connectivity index (χ4n) is 2.68. The minimum Gasteiger partial charge on any atom is -0.361 e. The number of aromatic nitrogens is 1. The molecule has 2 heteroatoms. The van der Waals surface area contributed by atoms with Gasteiger partial charge in [-0.2, -0.15) is 0 Å². The van der Waals surface area contributed by atoms with Crippen LogP contribution in [0, 0.1) is 6.92 Å². The smallest absolute Gasteiger partial charge is 0.0487 e. The van der Waals surface area contributed by atoms with E-state index in [9.17, 15) is 0 Å². The van der Waals surface area contributed by atoms with Crippen LogP contribution < -0.4 is 0 Å². The summed E-state index contributed by atoms with van der Waals surface area (Å²) in [6.07, 6.45) is 4.90. The van der Waals surface area contributed by atoms with E-state index in [0.29, 0.717) is 0 Å². The molecule has 0 radical (unpaired) electrons. The van der Waals surface area contributed by atoms with Crippen molar-refractivity contribution in [1.29, 1.82) is 0 Å². The van der Waals surface area contributed by atoms with Crippen molar-refractivity contribution in [2.45, 2.75) is 26.3 Å². The average molecular weight is 214 g/mol. The summed E-state index contributed by atoms with van der Waals surface area (Å²) in [5.74, 6) is 0. The first kappa shape index (κ1) is 9.91. The zero-order chi connectivity index (χ0) is 11.0. The number of aryl methyl sites for hydroxylation is 1. The van der Waals surface area contributed by atoms with Crippen LogP contribution in [0.15, 0.2) is 24.4 Å². The van der Waals surface area contributed by atoms with E-state index < -0.39 is 0 Å². The molecule has 1 saturated heterocycles. The van der Waals surface area contributed by atoms with Crippen molar-refractivity contribution in [3.05, 3.63) is 35.5 Å². The van der Waals surface area contributed by atoms with Crippen LogP contribution in [-0.2, 0) is 6.54 Å². The minimum absolute atomic E-state index is 1.10. The molecule has 16 heavy (non-hydrogen) atoms. The van der Waals surface area contributed by atoms with Crippen molar-refractivity contribution >= 4 is 10.9 Å². The Hall–Kier alpha value is -1.28. The number of benzene rings is 1. The number of hydrogen-bond donors (Lipinski definition) is 1. The Labute approximate surface area is 96.3 Å². The van der Waals surface area contributed by atoms with E-state index in [-0.39, 0.29) is 0 Å². The number of para-hydroxylation sites is 1. The molecular formula is C14H18N2. The number of H-pyrrole nitrogens is 1. The van der Waals surface area contributed by atoms with Gasteiger partial charge in [0.25, 0.3) is 0 Å².